The van der Waals surface area contributed by atoms with Gasteiger partial charge in [-0.2, -0.15) is 8.70 Å². The number of nitrogens with zero attached hydrogens (tertiary/aromatic N) is 2. The van der Waals surface area contributed by atoms with Gasteiger partial charge in [0.05, 0.1) is 17.3 Å². The fraction of sp³-hybridized carbons (Fsp3) is 0.679. The molecule has 4 aliphatic rings. The van der Waals surface area contributed by atoms with Gasteiger partial charge in [-0.15, -0.1) is 0 Å². The molecule has 1 aromatic rings. The van der Waals surface area contributed by atoms with Crippen LogP contribution in [0.1, 0.15) is 52.4 Å². The molecule has 3 fully saturated rings. The Bertz CT molecular complexity index is 1220. The van der Waals surface area contributed by atoms with E-state index in [2.05, 4.69) is 36.2 Å². The highest BCUT2D eigenvalue weighted by molar-refractivity contribution is 7.89. The quantitative estimate of drug-likeness (QED) is 0.0842. The molecule has 1 aromatic carbocycles. The van der Waals surface area contributed by atoms with Crippen molar-refractivity contribution in [2.75, 3.05) is 31.4 Å². The minimum Gasteiger partial charge on any atom is -0.461 e. The zero-order chi connectivity index (χ0) is 29.3. The molecule has 1 heterocycles. The number of unbranched alkanes of at least 4 members (excludes halogenated alkanes) is 1. The van der Waals surface area contributed by atoms with Crippen molar-refractivity contribution in [2.45, 2.75) is 94.5 Å². The number of benzene rings is 1. The van der Waals surface area contributed by atoms with E-state index in [1.165, 1.54) is 10.4 Å². The molecule has 0 radical (unpaired) electrons. The van der Waals surface area contributed by atoms with E-state index in [0.717, 1.165) is 38.1 Å². The molecular weight excluding hydrogens is 575 g/mol. The number of carbonyl (C=O) groups is 1. The van der Waals surface area contributed by atoms with Crippen molar-refractivity contribution >= 4 is 41.4 Å². The summed E-state index contributed by atoms with van der Waals surface area (Å²) in [6, 6.07) is 3.60. The molecule has 0 unspecified atom stereocenters. The molecule has 3 saturated carbocycles. The highest BCUT2D eigenvalue weighted by Crippen LogP contribution is 2.62. The number of halogens is 2. The number of ether oxygens (including phenoxy) is 3. The number of fused-ring (bicyclic) bond motifs is 1. The molecule has 0 amide bonds. The number of esters is 1. The van der Waals surface area contributed by atoms with Crippen LogP contribution in [0, 0.1) is 5.92 Å². The van der Waals surface area contributed by atoms with Crippen LogP contribution in [0.15, 0.2) is 29.1 Å². The summed E-state index contributed by atoms with van der Waals surface area (Å²) < 4.78 is 60.4. The van der Waals surface area contributed by atoms with E-state index >= 15 is 0 Å². The lowest BCUT2D eigenvalue weighted by Crippen LogP contribution is -2.69. The molecule has 0 aromatic heterocycles. The van der Waals surface area contributed by atoms with Crippen molar-refractivity contribution in [1.29, 1.82) is 0 Å². The molecule has 1 aliphatic heterocycles. The molecular formula is C28H42ClFN2O6SSi. The highest BCUT2D eigenvalue weighted by atomic mass is 35.5. The summed E-state index contributed by atoms with van der Waals surface area (Å²) in [7, 11) is -5.40. The second kappa shape index (κ2) is 12.3. The maximum atomic E-state index is 14.3. The van der Waals surface area contributed by atoms with E-state index in [4.69, 9.17) is 21.1 Å². The largest absolute Gasteiger partial charge is 0.461 e. The van der Waals surface area contributed by atoms with Crippen LogP contribution in [0.4, 0.5) is 10.1 Å². The van der Waals surface area contributed by atoms with Gasteiger partial charge in [0.15, 0.2) is 0 Å². The van der Waals surface area contributed by atoms with Crippen molar-refractivity contribution < 1.29 is 31.8 Å². The lowest BCUT2D eigenvalue weighted by Gasteiger charge is -2.67. The Kier molecular flexibility index (Phi) is 9.61. The van der Waals surface area contributed by atoms with Gasteiger partial charge in [0, 0.05) is 38.9 Å². The normalized spacial score (nSPS) is 25.9. The Balaban J connectivity index is 1.73. The van der Waals surface area contributed by atoms with Gasteiger partial charge in [-0.05, 0) is 50.6 Å². The highest BCUT2D eigenvalue weighted by Gasteiger charge is 2.61. The Hall–Kier alpha value is -1.66. The molecule has 12 heteroatoms. The van der Waals surface area contributed by atoms with E-state index in [1.54, 1.807) is 13.0 Å². The molecule has 8 nitrogen and oxygen atoms in total. The maximum absolute atomic E-state index is 14.3. The summed E-state index contributed by atoms with van der Waals surface area (Å²) in [6.45, 7) is 11.4. The Morgan fingerprint density at radius 3 is 2.50 bits per heavy atom. The minimum absolute atomic E-state index is 0.00538. The summed E-state index contributed by atoms with van der Waals surface area (Å²) in [5, 5.41) is 0.128. The number of rotatable bonds is 13. The summed E-state index contributed by atoms with van der Waals surface area (Å²) in [5.41, 5.74) is 0.465. The van der Waals surface area contributed by atoms with Crippen LogP contribution in [0.25, 0.3) is 0 Å². The average molecular weight is 617 g/mol. The van der Waals surface area contributed by atoms with Crippen molar-refractivity contribution in [2.24, 2.45) is 5.92 Å². The van der Waals surface area contributed by atoms with Gasteiger partial charge >= 0.3 is 5.97 Å². The SMILES string of the molecule is CCCC[C@@H]1CN(C23CC(C2)C3)c2cc(Cl)c(O/C=C(\F)C(=O)OCC)cc2S(=O)(=O)N1COCC[Si](C)(C)C. The van der Waals surface area contributed by atoms with Crippen molar-refractivity contribution in [3.63, 3.8) is 0 Å². The average Bonchev–Trinajstić information content (AvgIpc) is 2.89. The van der Waals surface area contributed by atoms with Gasteiger partial charge in [0.2, 0.25) is 15.9 Å². The zero-order valence-electron chi connectivity index (χ0n) is 24.2. The van der Waals surface area contributed by atoms with E-state index in [0.29, 0.717) is 37.4 Å². The van der Waals surface area contributed by atoms with Gasteiger partial charge in [0.1, 0.15) is 23.6 Å². The van der Waals surface area contributed by atoms with Gasteiger partial charge < -0.3 is 19.1 Å². The van der Waals surface area contributed by atoms with Crippen LogP contribution in [-0.4, -0.2) is 64.8 Å². The number of anilines is 1. The number of hydrogen-bond donors (Lipinski definition) is 0. The maximum Gasteiger partial charge on any atom is 0.370 e. The van der Waals surface area contributed by atoms with E-state index in [-0.39, 0.29) is 40.6 Å². The van der Waals surface area contributed by atoms with Crippen molar-refractivity contribution in [3.05, 3.63) is 29.2 Å². The van der Waals surface area contributed by atoms with Crippen LogP contribution in [0.5, 0.6) is 5.75 Å². The predicted molar refractivity (Wildman–Crippen MR) is 157 cm³/mol. The molecule has 5 rings (SSSR count). The summed E-state index contributed by atoms with van der Waals surface area (Å²) in [6.07, 6.45) is 6.23. The smallest absolute Gasteiger partial charge is 0.370 e. The standard InChI is InChI=1S/C28H42ClFN2O6SSi/c1-6-8-9-21-17-31(28-14-20(15-28)16-28)24-12-22(29)25(38-18-23(30)27(33)37-7-2)13-26(24)39(34,35)32(21)19-36-10-11-40(3,4)5/h12-13,18,20-21H,6-11,14-17,19H2,1-5H3/b23-18-/t20?,21-,28?/m1/s1. The van der Waals surface area contributed by atoms with Gasteiger partial charge in [-0.3, -0.25) is 0 Å². The Morgan fingerprint density at radius 2 is 1.93 bits per heavy atom. The predicted octanol–water partition coefficient (Wildman–Crippen LogP) is 6.33. The molecule has 3 aliphatic carbocycles. The van der Waals surface area contributed by atoms with E-state index in [9.17, 15) is 17.6 Å². The topological polar surface area (TPSA) is 85.4 Å². The van der Waals surface area contributed by atoms with Gasteiger partial charge in [-0.25, -0.2) is 13.2 Å². The minimum atomic E-state index is -4.04. The molecule has 0 spiro atoms. The van der Waals surface area contributed by atoms with Gasteiger partial charge in [-0.1, -0.05) is 51.0 Å². The molecule has 0 N–H and O–H groups in total. The fourth-order valence-corrected chi connectivity index (χ4v) is 8.39. The van der Waals surface area contributed by atoms with Crippen LogP contribution in [0.2, 0.25) is 30.7 Å². The Morgan fingerprint density at radius 1 is 1.23 bits per heavy atom. The van der Waals surface area contributed by atoms with Crippen molar-refractivity contribution in [3.8, 4) is 5.75 Å². The molecule has 0 saturated heterocycles. The second-order valence-electron chi connectivity index (χ2n) is 12.4. The van der Waals surface area contributed by atoms with Crippen LogP contribution >= 0.6 is 11.6 Å². The summed E-state index contributed by atoms with van der Waals surface area (Å²) in [4.78, 5) is 14.0. The third kappa shape index (κ3) is 6.53. The number of carbonyl (C=O) groups excluding carboxylic acids is 1. The zero-order valence-corrected chi connectivity index (χ0v) is 26.7. The molecule has 2 bridgehead atoms. The lowest BCUT2D eigenvalue weighted by molar-refractivity contribution is -0.140. The summed E-state index contributed by atoms with van der Waals surface area (Å²) >= 11 is 6.57. The first-order valence-corrected chi connectivity index (χ1v) is 19.7. The van der Waals surface area contributed by atoms with Crippen LogP contribution in [0.3, 0.4) is 0 Å². The first-order valence-electron chi connectivity index (χ1n) is 14.2. The molecule has 224 valence electrons. The third-order valence-corrected chi connectivity index (χ3v) is 12.0. The second-order valence-corrected chi connectivity index (χ2v) is 20.3. The monoisotopic (exact) mass is 616 g/mol. The Labute approximate surface area is 243 Å². The molecule has 1 atom stereocenters. The van der Waals surface area contributed by atoms with Crippen molar-refractivity contribution in [1.82, 2.24) is 4.31 Å². The fourth-order valence-electron chi connectivity index (χ4n) is 5.71. The van der Waals surface area contributed by atoms with Gasteiger partial charge in [0.25, 0.3) is 0 Å². The number of hydrogen-bond acceptors (Lipinski definition) is 7. The third-order valence-electron chi connectivity index (χ3n) is 8.14. The number of sulfonamides is 1. The van der Waals surface area contributed by atoms with E-state index in [1.807, 2.05) is 0 Å². The summed E-state index contributed by atoms with van der Waals surface area (Å²) in [5.74, 6) is -1.79. The lowest BCUT2D eigenvalue weighted by atomic mass is 9.49. The van der Waals surface area contributed by atoms with Crippen LogP contribution in [-0.2, 0) is 24.3 Å². The molecule has 40 heavy (non-hydrogen) atoms. The van der Waals surface area contributed by atoms with Crippen LogP contribution < -0.4 is 9.64 Å². The van der Waals surface area contributed by atoms with E-state index < -0.39 is 29.9 Å². The first kappa shape index (κ1) is 31.3. The first-order chi connectivity index (χ1) is 18.8.